The van der Waals surface area contributed by atoms with Gasteiger partial charge in [-0.15, -0.1) is 0 Å². The van der Waals surface area contributed by atoms with Gasteiger partial charge >= 0.3 is 0 Å². The van der Waals surface area contributed by atoms with Crippen LogP contribution in [0.15, 0.2) is 72.6 Å². The summed E-state index contributed by atoms with van der Waals surface area (Å²) in [5.41, 5.74) is 2.72. The Morgan fingerprint density at radius 3 is 2.59 bits per heavy atom. The number of hydrogen-bond acceptors (Lipinski definition) is 5. The summed E-state index contributed by atoms with van der Waals surface area (Å²) in [6.45, 7) is 0.658. The Balaban J connectivity index is 1.62. The molecule has 2 aliphatic rings. The lowest BCUT2D eigenvalue weighted by Crippen LogP contribution is -2.29. The molecule has 3 heterocycles. The SMILES string of the molecule is O=C1C(=O)N(Cc2ccc(F)cc2)C(c2ccncc2)/C1=C(/O)c1ccc2c(c1)CCO2. The number of Topliss-reactive ketones (excluding diaryl/α,β-unsaturated/α-hetero) is 1. The number of pyridine rings is 1. The summed E-state index contributed by atoms with van der Waals surface area (Å²) in [5, 5.41) is 11.2. The van der Waals surface area contributed by atoms with Crippen molar-refractivity contribution in [3.8, 4) is 5.75 Å². The Morgan fingerprint density at radius 2 is 1.84 bits per heavy atom. The second-order valence-corrected chi connectivity index (χ2v) is 7.75. The predicted molar refractivity (Wildman–Crippen MR) is 114 cm³/mol. The molecule has 0 spiro atoms. The van der Waals surface area contributed by atoms with Gasteiger partial charge in [-0.1, -0.05) is 12.1 Å². The van der Waals surface area contributed by atoms with Crippen LogP contribution in [0.2, 0.25) is 0 Å². The van der Waals surface area contributed by atoms with E-state index in [9.17, 15) is 19.1 Å². The van der Waals surface area contributed by atoms with Crippen LogP contribution in [0.1, 0.15) is 28.3 Å². The smallest absolute Gasteiger partial charge is 0.295 e. The average molecular weight is 430 g/mol. The van der Waals surface area contributed by atoms with Crippen LogP contribution in [-0.2, 0) is 22.6 Å². The fourth-order valence-electron chi connectivity index (χ4n) is 4.21. The second kappa shape index (κ2) is 7.92. The highest BCUT2D eigenvalue weighted by atomic mass is 19.1. The molecule has 1 atom stereocenters. The van der Waals surface area contributed by atoms with Crippen molar-refractivity contribution in [1.29, 1.82) is 0 Å². The maximum absolute atomic E-state index is 13.3. The third-order valence-electron chi connectivity index (χ3n) is 5.79. The lowest BCUT2D eigenvalue weighted by Gasteiger charge is -2.25. The van der Waals surface area contributed by atoms with Gasteiger partial charge in [0, 0.05) is 30.9 Å². The first-order valence-corrected chi connectivity index (χ1v) is 10.2. The molecule has 1 aromatic heterocycles. The number of aromatic nitrogens is 1. The average Bonchev–Trinajstić information content (AvgIpc) is 3.38. The third kappa shape index (κ3) is 3.41. The molecule has 5 rings (SSSR count). The van der Waals surface area contributed by atoms with Crippen molar-refractivity contribution in [2.24, 2.45) is 0 Å². The fraction of sp³-hybridized carbons (Fsp3) is 0.160. The zero-order valence-corrected chi connectivity index (χ0v) is 17.0. The largest absolute Gasteiger partial charge is 0.507 e. The van der Waals surface area contributed by atoms with Gasteiger partial charge in [0.25, 0.3) is 11.7 Å². The number of benzene rings is 2. The summed E-state index contributed by atoms with van der Waals surface area (Å²) in [5.74, 6) is -1.35. The van der Waals surface area contributed by atoms with E-state index in [1.54, 1.807) is 54.9 Å². The highest BCUT2D eigenvalue weighted by Crippen LogP contribution is 2.40. The summed E-state index contributed by atoms with van der Waals surface area (Å²) < 4.78 is 18.9. The van der Waals surface area contributed by atoms with Gasteiger partial charge in [-0.3, -0.25) is 14.6 Å². The van der Waals surface area contributed by atoms with Gasteiger partial charge in [0.1, 0.15) is 17.3 Å². The molecule has 1 amide bonds. The minimum atomic E-state index is -0.799. The second-order valence-electron chi connectivity index (χ2n) is 7.75. The number of likely N-dealkylation sites (tertiary alicyclic amines) is 1. The van der Waals surface area contributed by atoms with Crippen LogP contribution < -0.4 is 4.74 Å². The van der Waals surface area contributed by atoms with E-state index in [1.165, 1.54) is 17.0 Å². The first-order chi connectivity index (χ1) is 15.5. The Hall–Kier alpha value is -4.00. The minimum absolute atomic E-state index is 0.0159. The number of fused-ring (bicyclic) bond motifs is 1. The fourth-order valence-corrected chi connectivity index (χ4v) is 4.21. The molecule has 0 bridgehead atoms. The van der Waals surface area contributed by atoms with Gasteiger partial charge in [0.15, 0.2) is 0 Å². The van der Waals surface area contributed by atoms with Gasteiger partial charge in [-0.05, 0) is 59.2 Å². The van der Waals surface area contributed by atoms with Crippen molar-refractivity contribution < 1.29 is 23.8 Å². The monoisotopic (exact) mass is 430 g/mol. The molecule has 2 aromatic carbocycles. The zero-order chi connectivity index (χ0) is 22.2. The van der Waals surface area contributed by atoms with Crippen LogP contribution in [-0.4, -0.2) is 33.3 Å². The van der Waals surface area contributed by atoms with Crippen LogP contribution >= 0.6 is 0 Å². The van der Waals surface area contributed by atoms with Crippen molar-refractivity contribution in [3.63, 3.8) is 0 Å². The Bertz CT molecular complexity index is 1240. The molecule has 0 radical (unpaired) electrons. The van der Waals surface area contributed by atoms with Gasteiger partial charge < -0.3 is 14.7 Å². The maximum Gasteiger partial charge on any atom is 0.295 e. The Morgan fingerprint density at radius 1 is 1.09 bits per heavy atom. The molecule has 1 saturated heterocycles. The number of aliphatic hydroxyl groups is 1. The van der Waals surface area contributed by atoms with Crippen LogP contribution in [0, 0.1) is 5.82 Å². The van der Waals surface area contributed by atoms with Crippen molar-refractivity contribution in [2.75, 3.05) is 6.61 Å². The van der Waals surface area contributed by atoms with E-state index < -0.39 is 17.7 Å². The molecule has 1 N–H and O–H groups in total. The summed E-state index contributed by atoms with van der Waals surface area (Å²) >= 11 is 0. The molecule has 0 aliphatic carbocycles. The van der Waals surface area contributed by atoms with Gasteiger partial charge in [0.2, 0.25) is 0 Å². The molecule has 6 nitrogen and oxygen atoms in total. The molecular weight excluding hydrogens is 411 g/mol. The van der Waals surface area contributed by atoms with Gasteiger partial charge in [-0.25, -0.2) is 4.39 Å². The van der Waals surface area contributed by atoms with E-state index in [2.05, 4.69) is 4.98 Å². The molecular formula is C25H19FN2O4. The highest BCUT2D eigenvalue weighted by molar-refractivity contribution is 6.46. The number of ether oxygens (including phenoxy) is 1. The molecule has 2 aliphatic heterocycles. The van der Waals surface area contributed by atoms with E-state index in [1.807, 2.05) is 0 Å². The topological polar surface area (TPSA) is 79.7 Å². The van der Waals surface area contributed by atoms with Crippen molar-refractivity contribution in [1.82, 2.24) is 9.88 Å². The summed E-state index contributed by atoms with van der Waals surface area (Å²) in [7, 11) is 0. The third-order valence-corrected chi connectivity index (χ3v) is 5.79. The summed E-state index contributed by atoms with van der Waals surface area (Å²) in [6.07, 6.45) is 3.85. The molecule has 1 fully saturated rings. The summed E-state index contributed by atoms with van der Waals surface area (Å²) in [4.78, 5) is 31.5. The summed E-state index contributed by atoms with van der Waals surface area (Å²) in [6, 6.07) is 13.6. The minimum Gasteiger partial charge on any atom is -0.507 e. The van der Waals surface area contributed by atoms with E-state index in [4.69, 9.17) is 4.74 Å². The lowest BCUT2D eigenvalue weighted by molar-refractivity contribution is -0.140. The predicted octanol–water partition coefficient (Wildman–Crippen LogP) is 3.78. The molecule has 3 aromatic rings. The number of rotatable bonds is 4. The van der Waals surface area contributed by atoms with E-state index in [0.717, 1.165) is 11.3 Å². The van der Waals surface area contributed by atoms with Crippen LogP contribution in [0.3, 0.4) is 0 Å². The van der Waals surface area contributed by atoms with Gasteiger partial charge in [0.05, 0.1) is 18.2 Å². The van der Waals surface area contributed by atoms with Crippen LogP contribution in [0.5, 0.6) is 5.75 Å². The Kier molecular flexibility index (Phi) is 4.93. The number of aliphatic hydroxyl groups excluding tert-OH is 1. The van der Waals surface area contributed by atoms with Crippen molar-refractivity contribution in [3.05, 3.63) is 101 Å². The standard InChI is InChI=1S/C25H19FN2O4/c26-19-4-1-15(2-5-19)14-28-22(16-7-10-27-11-8-16)21(24(30)25(28)31)23(29)18-3-6-20-17(13-18)9-12-32-20/h1-8,10-11,13,22,29H,9,12,14H2/b23-21-. The normalized spacial score (nSPS) is 19.2. The van der Waals surface area contributed by atoms with E-state index in [-0.39, 0.29) is 23.7 Å². The number of hydrogen-bond donors (Lipinski definition) is 1. The maximum atomic E-state index is 13.3. The number of amides is 1. The number of nitrogens with zero attached hydrogens (tertiary/aromatic N) is 2. The van der Waals surface area contributed by atoms with Gasteiger partial charge in [-0.2, -0.15) is 0 Å². The number of carbonyl (C=O) groups is 2. The molecule has 7 heteroatoms. The lowest BCUT2D eigenvalue weighted by atomic mass is 9.95. The van der Waals surface area contributed by atoms with E-state index >= 15 is 0 Å². The number of halogens is 1. The first kappa shape index (κ1) is 19.9. The van der Waals surface area contributed by atoms with Crippen LogP contribution in [0.25, 0.3) is 5.76 Å². The number of carbonyl (C=O) groups excluding carboxylic acids is 2. The van der Waals surface area contributed by atoms with Crippen LogP contribution in [0.4, 0.5) is 4.39 Å². The quantitative estimate of drug-likeness (QED) is 0.387. The highest BCUT2D eigenvalue weighted by Gasteiger charge is 2.46. The van der Waals surface area contributed by atoms with Crippen molar-refractivity contribution >= 4 is 17.4 Å². The number of ketones is 1. The zero-order valence-electron chi connectivity index (χ0n) is 17.0. The molecule has 32 heavy (non-hydrogen) atoms. The van der Waals surface area contributed by atoms with E-state index in [0.29, 0.717) is 29.7 Å². The Labute approximate surface area is 183 Å². The molecule has 160 valence electrons. The van der Waals surface area contributed by atoms with Crippen molar-refractivity contribution in [2.45, 2.75) is 19.0 Å². The first-order valence-electron chi connectivity index (χ1n) is 10.2. The molecule has 1 unspecified atom stereocenters. The molecule has 0 saturated carbocycles.